The van der Waals surface area contributed by atoms with Gasteiger partial charge in [-0.15, -0.1) is 0 Å². The van der Waals surface area contributed by atoms with Crippen LogP contribution in [0.3, 0.4) is 0 Å². The molecular formula is C10H18N4O. The maximum absolute atomic E-state index is 11.5. The molecule has 0 spiro atoms. The van der Waals surface area contributed by atoms with Crippen molar-refractivity contribution in [2.75, 3.05) is 0 Å². The topological polar surface area (TPSA) is 72.9 Å². The van der Waals surface area contributed by atoms with E-state index in [0.717, 1.165) is 5.69 Å². The Morgan fingerprint density at radius 1 is 1.67 bits per heavy atom. The first-order chi connectivity index (χ1) is 7.02. The van der Waals surface area contributed by atoms with Gasteiger partial charge in [0.2, 0.25) is 5.91 Å². The second kappa shape index (κ2) is 4.93. The number of nitrogens with one attached hydrogen (secondary N) is 1. The lowest BCUT2D eigenvalue weighted by Gasteiger charge is -2.15. The van der Waals surface area contributed by atoms with Gasteiger partial charge in [0.1, 0.15) is 0 Å². The van der Waals surface area contributed by atoms with E-state index in [-0.39, 0.29) is 11.8 Å². The van der Waals surface area contributed by atoms with Crippen LogP contribution in [-0.2, 0) is 18.4 Å². The van der Waals surface area contributed by atoms with Gasteiger partial charge >= 0.3 is 0 Å². The van der Waals surface area contributed by atoms with Crippen LogP contribution in [0.25, 0.3) is 0 Å². The predicted octanol–water partition coefficient (Wildman–Crippen LogP) is 0.0196. The Hall–Kier alpha value is -1.36. The van der Waals surface area contributed by atoms with Crippen LogP contribution in [0.1, 0.15) is 19.5 Å². The van der Waals surface area contributed by atoms with Gasteiger partial charge in [-0.2, -0.15) is 5.10 Å². The minimum atomic E-state index is -0.446. The molecule has 0 fully saturated rings. The summed E-state index contributed by atoms with van der Waals surface area (Å²) < 4.78 is 1.72. The summed E-state index contributed by atoms with van der Waals surface area (Å²) in [4.78, 5) is 11.5. The highest BCUT2D eigenvalue weighted by atomic mass is 16.2. The molecule has 0 radical (unpaired) electrons. The fourth-order valence-corrected chi connectivity index (χ4v) is 1.17. The Morgan fingerprint density at radius 2 is 2.33 bits per heavy atom. The second-order valence-electron chi connectivity index (χ2n) is 3.93. The summed E-state index contributed by atoms with van der Waals surface area (Å²) in [6, 6.07) is 1.42. The molecule has 0 aliphatic rings. The summed E-state index contributed by atoms with van der Waals surface area (Å²) in [5.41, 5.74) is 6.66. The average Bonchev–Trinajstić information content (AvgIpc) is 2.59. The van der Waals surface area contributed by atoms with Gasteiger partial charge in [0.15, 0.2) is 0 Å². The van der Waals surface area contributed by atoms with Crippen molar-refractivity contribution in [3.05, 3.63) is 18.0 Å². The molecule has 0 saturated carbocycles. The molecule has 1 aromatic rings. The standard InChI is InChI=1S/C10H18N4O/c1-7(2)9(11)10(15)12-6-8-4-5-13-14(8)3/h4-5,7,9H,6,11H2,1-3H3,(H,12,15)/t9-/m0/s1. The van der Waals surface area contributed by atoms with Crippen LogP contribution >= 0.6 is 0 Å². The monoisotopic (exact) mass is 210 g/mol. The summed E-state index contributed by atoms with van der Waals surface area (Å²) >= 11 is 0. The number of rotatable bonds is 4. The van der Waals surface area contributed by atoms with Gasteiger partial charge in [0, 0.05) is 13.2 Å². The first-order valence-corrected chi connectivity index (χ1v) is 5.02. The van der Waals surface area contributed by atoms with Gasteiger partial charge in [0.25, 0.3) is 0 Å². The van der Waals surface area contributed by atoms with E-state index in [0.29, 0.717) is 6.54 Å². The SMILES string of the molecule is CC(C)[C@H](N)C(=O)NCc1ccnn1C. The molecule has 0 bridgehead atoms. The van der Waals surface area contributed by atoms with Crippen molar-refractivity contribution in [2.45, 2.75) is 26.4 Å². The fraction of sp³-hybridized carbons (Fsp3) is 0.600. The van der Waals surface area contributed by atoms with Crippen molar-refractivity contribution in [1.82, 2.24) is 15.1 Å². The maximum Gasteiger partial charge on any atom is 0.237 e. The van der Waals surface area contributed by atoms with Gasteiger partial charge in [-0.1, -0.05) is 13.8 Å². The molecule has 1 aromatic heterocycles. The number of nitrogens with zero attached hydrogens (tertiary/aromatic N) is 2. The van der Waals surface area contributed by atoms with Crippen LogP contribution in [0, 0.1) is 5.92 Å². The van der Waals surface area contributed by atoms with Crippen LogP contribution in [0.15, 0.2) is 12.3 Å². The van der Waals surface area contributed by atoms with Crippen molar-refractivity contribution < 1.29 is 4.79 Å². The Bertz CT molecular complexity index is 332. The van der Waals surface area contributed by atoms with Crippen molar-refractivity contribution in [3.8, 4) is 0 Å². The molecule has 3 N–H and O–H groups in total. The number of amides is 1. The molecule has 1 rings (SSSR count). The third-order valence-electron chi connectivity index (χ3n) is 2.39. The number of carbonyl (C=O) groups excluding carboxylic acids is 1. The largest absolute Gasteiger partial charge is 0.349 e. The molecule has 0 unspecified atom stereocenters. The quantitative estimate of drug-likeness (QED) is 0.735. The number of aromatic nitrogens is 2. The molecule has 1 heterocycles. The van der Waals surface area contributed by atoms with Crippen LogP contribution in [0.2, 0.25) is 0 Å². The highest BCUT2D eigenvalue weighted by molar-refractivity contribution is 5.81. The molecule has 0 aromatic carbocycles. The molecule has 15 heavy (non-hydrogen) atoms. The van der Waals surface area contributed by atoms with Crippen molar-refractivity contribution in [1.29, 1.82) is 0 Å². The maximum atomic E-state index is 11.5. The Labute approximate surface area is 89.6 Å². The predicted molar refractivity (Wildman–Crippen MR) is 57.9 cm³/mol. The lowest BCUT2D eigenvalue weighted by molar-refractivity contribution is -0.123. The summed E-state index contributed by atoms with van der Waals surface area (Å²) in [6.45, 7) is 4.32. The smallest absolute Gasteiger partial charge is 0.237 e. The van der Waals surface area contributed by atoms with Gasteiger partial charge in [-0.25, -0.2) is 0 Å². The molecule has 1 atom stereocenters. The van der Waals surface area contributed by atoms with E-state index in [1.807, 2.05) is 27.0 Å². The Balaban J connectivity index is 2.44. The lowest BCUT2D eigenvalue weighted by Crippen LogP contribution is -2.43. The summed E-state index contributed by atoms with van der Waals surface area (Å²) in [7, 11) is 1.84. The third-order valence-corrected chi connectivity index (χ3v) is 2.39. The summed E-state index contributed by atoms with van der Waals surface area (Å²) in [5.74, 6) is 0.0303. The fourth-order valence-electron chi connectivity index (χ4n) is 1.17. The van der Waals surface area contributed by atoms with Crippen LogP contribution in [0.4, 0.5) is 0 Å². The zero-order valence-electron chi connectivity index (χ0n) is 9.40. The van der Waals surface area contributed by atoms with Gasteiger partial charge < -0.3 is 11.1 Å². The van der Waals surface area contributed by atoms with E-state index in [1.165, 1.54) is 0 Å². The zero-order chi connectivity index (χ0) is 11.4. The molecule has 84 valence electrons. The van der Waals surface area contributed by atoms with E-state index < -0.39 is 6.04 Å². The van der Waals surface area contributed by atoms with Gasteiger partial charge in [-0.3, -0.25) is 9.48 Å². The van der Waals surface area contributed by atoms with Crippen molar-refractivity contribution in [3.63, 3.8) is 0 Å². The third kappa shape index (κ3) is 3.06. The number of aryl methyl sites for hydroxylation is 1. The molecule has 0 saturated heterocycles. The first kappa shape index (κ1) is 11.7. The summed E-state index contributed by atoms with van der Waals surface area (Å²) in [6.07, 6.45) is 1.70. The highest BCUT2D eigenvalue weighted by Gasteiger charge is 2.16. The minimum absolute atomic E-state index is 0.119. The Morgan fingerprint density at radius 3 is 2.80 bits per heavy atom. The van der Waals surface area contributed by atoms with Crippen LogP contribution in [-0.4, -0.2) is 21.7 Å². The molecule has 1 amide bonds. The number of hydrogen-bond acceptors (Lipinski definition) is 3. The van der Waals surface area contributed by atoms with E-state index >= 15 is 0 Å². The molecule has 0 aliphatic heterocycles. The first-order valence-electron chi connectivity index (χ1n) is 5.02. The second-order valence-corrected chi connectivity index (χ2v) is 3.93. The van der Waals surface area contributed by atoms with Gasteiger partial charge in [0.05, 0.1) is 18.3 Å². The Kier molecular flexibility index (Phi) is 3.85. The summed E-state index contributed by atoms with van der Waals surface area (Å²) in [5, 5.41) is 6.79. The van der Waals surface area contributed by atoms with Crippen LogP contribution in [0.5, 0.6) is 0 Å². The van der Waals surface area contributed by atoms with Gasteiger partial charge in [-0.05, 0) is 12.0 Å². The van der Waals surface area contributed by atoms with Crippen molar-refractivity contribution in [2.24, 2.45) is 18.7 Å². The van der Waals surface area contributed by atoms with E-state index in [2.05, 4.69) is 10.4 Å². The normalized spacial score (nSPS) is 12.9. The number of carbonyl (C=O) groups is 1. The highest BCUT2D eigenvalue weighted by Crippen LogP contribution is 1.99. The lowest BCUT2D eigenvalue weighted by atomic mass is 10.1. The van der Waals surface area contributed by atoms with Crippen LogP contribution < -0.4 is 11.1 Å². The zero-order valence-corrected chi connectivity index (χ0v) is 9.40. The minimum Gasteiger partial charge on any atom is -0.349 e. The molecular weight excluding hydrogens is 192 g/mol. The van der Waals surface area contributed by atoms with E-state index in [4.69, 9.17) is 5.73 Å². The number of nitrogens with two attached hydrogens (primary N) is 1. The van der Waals surface area contributed by atoms with E-state index in [1.54, 1.807) is 10.9 Å². The average molecular weight is 210 g/mol. The van der Waals surface area contributed by atoms with E-state index in [9.17, 15) is 4.79 Å². The van der Waals surface area contributed by atoms with Crippen molar-refractivity contribution >= 4 is 5.91 Å². The number of hydrogen-bond donors (Lipinski definition) is 2. The molecule has 5 nitrogen and oxygen atoms in total. The molecule has 0 aliphatic carbocycles. The molecule has 5 heteroatoms.